The van der Waals surface area contributed by atoms with E-state index in [1.165, 1.54) is 16.9 Å². The zero-order chi connectivity index (χ0) is 11.4. The van der Waals surface area contributed by atoms with E-state index < -0.39 is 0 Å². The molecule has 2 aromatic rings. The first-order valence-electron chi connectivity index (χ1n) is 5.20. The van der Waals surface area contributed by atoms with E-state index >= 15 is 0 Å². The van der Waals surface area contributed by atoms with Crippen LogP contribution in [0.25, 0.3) is 0 Å². The molecule has 2 N–H and O–H groups in total. The minimum absolute atomic E-state index is 0.239. The fourth-order valence-electron chi connectivity index (χ4n) is 1.62. The van der Waals surface area contributed by atoms with Gasteiger partial charge in [0, 0.05) is 0 Å². The summed E-state index contributed by atoms with van der Waals surface area (Å²) in [6.45, 7) is 0. The van der Waals surface area contributed by atoms with Crippen LogP contribution in [-0.2, 0) is 12.8 Å². The fourth-order valence-corrected chi connectivity index (χ4v) is 2.78. The van der Waals surface area contributed by atoms with Crippen molar-refractivity contribution >= 4 is 23.6 Å². The number of nitrogens with one attached hydrogen (secondary N) is 1. The molecular formula is C12H13NOS2. The minimum Gasteiger partial charge on any atom is -0.494 e. The predicted octanol–water partition coefficient (Wildman–Crippen LogP) is 3.69. The van der Waals surface area contributed by atoms with Crippen LogP contribution in [-0.4, -0.2) is 10.1 Å². The maximum absolute atomic E-state index is 9.52. The number of hydrogen-bond acceptors (Lipinski definition) is 3. The topological polar surface area (TPSA) is 36.0 Å². The van der Waals surface area contributed by atoms with Gasteiger partial charge in [0.2, 0.25) is 5.88 Å². The average Bonchev–Trinajstić information content (AvgIpc) is 2.59. The zero-order valence-electron chi connectivity index (χ0n) is 8.77. The second kappa shape index (κ2) is 5.27. The number of aromatic nitrogens is 1. The van der Waals surface area contributed by atoms with Crippen LogP contribution in [0, 0.1) is 3.95 Å². The van der Waals surface area contributed by atoms with E-state index in [1.54, 1.807) is 0 Å². The lowest BCUT2D eigenvalue weighted by atomic mass is 10.1. The second-order valence-electron chi connectivity index (χ2n) is 3.63. The van der Waals surface area contributed by atoms with Gasteiger partial charge in [0.05, 0.1) is 4.88 Å². The van der Waals surface area contributed by atoms with Gasteiger partial charge in [-0.25, -0.2) is 0 Å². The summed E-state index contributed by atoms with van der Waals surface area (Å²) in [5.74, 6) is 0.239. The van der Waals surface area contributed by atoms with E-state index in [1.807, 2.05) is 18.2 Å². The molecule has 16 heavy (non-hydrogen) atoms. The number of aromatic hydroxyl groups is 1. The Balaban J connectivity index is 1.89. The van der Waals surface area contributed by atoms with Crippen molar-refractivity contribution < 1.29 is 5.11 Å². The highest BCUT2D eigenvalue weighted by molar-refractivity contribution is 7.73. The Morgan fingerprint density at radius 1 is 1.19 bits per heavy atom. The molecule has 0 atom stereocenters. The van der Waals surface area contributed by atoms with Crippen molar-refractivity contribution in [1.29, 1.82) is 0 Å². The molecule has 0 amide bonds. The molecule has 0 aliphatic heterocycles. The summed E-state index contributed by atoms with van der Waals surface area (Å²) >= 11 is 6.43. The van der Waals surface area contributed by atoms with E-state index in [-0.39, 0.29) is 5.88 Å². The quantitative estimate of drug-likeness (QED) is 0.813. The Bertz CT molecular complexity index is 501. The first-order valence-corrected chi connectivity index (χ1v) is 6.43. The lowest BCUT2D eigenvalue weighted by Crippen LogP contribution is -1.87. The molecule has 0 unspecified atom stereocenters. The summed E-state index contributed by atoms with van der Waals surface area (Å²) in [6, 6.07) is 10.4. The van der Waals surface area contributed by atoms with Crippen LogP contribution in [0.5, 0.6) is 5.88 Å². The van der Waals surface area contributed by atoms with Gasteiger partial charge in [0.1, 0.15) is 0 Å². The highest BCUT2D eigenvalue weighted by atomic mass is 32.1. The Kier molecular flexibility index (Phi) is 3.74. The summed E-state index contributed by atoms with van der Waals surface area (Å²) in [6.07, 6.45) is 2.93. The summed E-state index contributed by atoms with van der Waals surface area (Å²) in [5, 5.41) is 9.52. The number of aromatic amines is 1. The molecule has 4 heteroatoms. The van der Waals surface area contributed by atoms with Crippen LogP contribution in [0.2, 0.25) is 0 Å². The van der Waals surface area contributed by atoms with Crippen molar-refractivity contribution in [2.45, 2.75) is 19.3 Å². The number of thiazole rings is 1. The maximum atomic E-state index is 9.52. The molecule has 0 aliphatic carbocycles. The van der Waals surface area contributed by atoms with Crippen LogP contribution < -0.4 is 0 Å². The number of benzene rings is 1. The van der Waals surface area contributed by atoms with Crippen molar-refractivity contribution in [1.82, 2.24) is 4.98 Å². The smallest absolute Gasteiger partial charge is 0.203 e. The molecule has 2 nitrogen and oxygen atoms in total. The van der Waals surface area contributed by atoms with Crippen LogP contribution in [0.15, 0.2) is 30.3 Å². The number of H-pyrrole nitrogens is 1. The zero-order valence-corrected chi connectivity index (χ0v) is 10.4. The normalized spacial score (nSPS) is 10.5. The van der Waals surface area contributed by atoms with Crippen LogP contribution in [0.3, 0.4) is 0 Å². The summed E-state index contributed by atoms with van der Waals surface area (Å²) in [5.41, 5.74) is 1.33. The van der Waals surface area contributed by atoms with Gasteiger partial charge in [-0.05, 0) is 37.0 Å². The van der Waals surface area contributed by atoms with Crippen molar-refractivity contribution in [3.05, 3.63) is 44.7 Å². The molecule has 2 rings (SSSR count). The highest BCUT2D eigenvalue weighted by Gasteiger charge is 2.04. The summed E-state index contributed by atoms with van der Waals surface area (Å²) in [7, 11) is 0. The molecule has 1 aromatic heterocycles. The summed E-state index contributed by atoms with van der Waals surface area (Å²) in [4.78, 5) is 3.70. The molecule has 0 spiro atoms. The molecule has 0 radical (unpaired) electrons. The third kappa shape index (κ3) is 2.93. The monoisotopic (exact) mass is 251 g/mol. The summed E-state index contributed by atoms with van der Waals surface area (Å²) < 4.78 is 0.646. The van der Waals surface area contributed by atoms with E-state index in [9.17, 15) is 5.11 Å². The van der Waals surface area contributed by atoms with Gasteiger partial charge >= 0.3 is 0 Å². The number of hydrogen-bond donors (Lipinski definition) is 2. The van der Waals surface area contributed by atoms with E-state index in [4.69, 9.17) is 12.2 Å². The standard InChI is InChI=1S/C12H13NOS2/c14-11-10(16-12(15)13-11)8-4-7-9-5-2-1-3-6-9/h1-3,5-6,14H,4,7-8H2,(H,13,15). The number of aryl methyl sites for hydroxylation is 2. The van der Waals surface area contributed by atoms with Gasteiger partial charge < -0.3 is 10.1 Å². The van der Waals surface area contributed by atoms with Crippen LogP contribution >= 0.6 is 23.6 Å². The van der Waals surface area contributed by atoms with Gasteiger partial charge in [-0.1, -0.05) is 30.3 Å². The van der Waals surface area contributed by atoms with E-state index in [0.717, 1.165) is 24.1 Å². The van der Waals surface area contributed by atoms with E-state index in [0.29, 0.717) is 3.95 Å². The van der Waals surface area contributed by atoms with E-state index in [2.05, 4.69) is 17.1 Å². The molecule has 0 fully saturated rings. The Morgan fingerprint density at radius 2 is 1.94 bits per heavy atom. The molecule has 1 aromatic carbocycles. The fraction of sp³-hybridized carbons (Fsp3) is 0.250. The molecule has 0 aliphatic rings. The Morgan fingerprint density at radius 3 is 2.56 bits per heavy atom. The molecule has 0 bridgehead atoms. The molecule has 0 saturated heterocycles. The lowest BCUT2D eigenvalue weighted by molar-refractivity contribution is 0.450. The lowest BCUT2D eigenvalue weighted by Gasteiger charge is -2.00. The molecular weight excluding hydrogens is 238 g/mol. The Labute approximate surface area is 104 Å². The third-order valence-corrected chi connectivity index (χ3v) is 3.70. The second-order valence-corrected chi connectivity index (χ2v) is 5.40. The van der Waals surface area contributed by atoms with Gasteiger partial charge in [-0.3, -0.25) is 0 Å². The third-order valence-electron chi connectivity index (χ3n) is 2.41. The van der Waals surface area contributed by atoms with Gasteiger partial charge in [0.15, 0.2) is 3.95 Å². The SMILES string of the molecule is Oc1[nH]c(=S)sc1CCCc1ccccc1. The maximum Gasteiger partial charge on any atom is 0.203 e. The highest BCUT2D eigenvalue weighted by Crippen LogP contribution is 2.23. The molecule has 1 heterocycles. The van der Waals surface area contributed by atoms with Crippen LogP contribution in [0.4, 0.5) is 0 Å². The largest absolute Gasteiger partial charge is 0.494 e. The minimum atomic E-state index is 0.239. The first kappa shape index (κ1) is 11.4. The van der Waals surface area contributed by atoms with Crippen LogP contribution in [0.1, 0.15) is 16.9 Å². The van der Waals surface area contributed by atoms with Gasteiger partial charge in [-0.2, -0.15) is 0 Å². The Hall–Kier alpha value is -1.13. The van der Waals surface area contributed by atoms with Crippen molar-refractivity contribution in [3.8, 4) is 5.88 Å². The van der Waals surface area contributed by atoms with Gasteiger partial charge in [0.25, 0.3) is 0 Å². The predicted molar refractivity (Wildman–Crippen MR) is 69.6 cm³/mol. The van der Waals surface area contributed by atoms with Crippen molar-refractivity contribution in [2.24, 2.45) is 0 Å². The van der Waals surface area contributed by atoms with Crippen molar-refractivity contribution in [3.63, 3.8) is 0 Å². The molecule has 84 valence electrons. The number of rotatable bonds is 4. The van der Waals surface area contributed by atoms with Crippen molar-refractivity contribution in [2.75, 3.05) is 0 Å². The first-order chi connectivity index (χ1) is 7.75. The average molecular weight is 251 g/mol. The molecule has 0 saturated carbocycles. The van der Waals surface area contributed by atoms with Gasteiger partial charge in [-0.15, -0.1) is 11.3 Å².